The fraction of sp³-hybridized carbons (Fsp3) is 0.190. The van der Waals surface area contributed by atoms with Crippen molar-refractivity contribution in [1.82, 2.24) is 9.27 Å². The number of aryl methyl sites for hydroxylation is 1. The van der Waals surface area contributed by atoms with Crippen LogP contribution in [0.4, 0.5) is 5.69 Å². The van der Waals surface area contributed by atoms with Gasteiger partial charge in [-0.2, -0.15) is 9.64 Å². The summed E-state index contributed by atoms with van der Waals surface area (Å²) in [5.74, 6) is 1.29. The maximum absolute atomic E-state index is 9.68. The van der Waals surface area contributed by atoms with E-state index in [-0.39, 0.29) is 0 Å². The Labute approximate surface area is 178 Å². The Hall–Kier alpha value is -3.08. The zero-order valence-electron chi connectivity index (χ0n) is 16.4. The first kappa shape index (κ1) is 20.6. The molecule has 0 N–H and O–H groups in total. The number of hydrogen-bond donors (Lipinski definition) is 0. The van der Waals surface area contributed by atoms with E-state index in [0.717, 1.165) is 28.4 Å². The van der Waals surface area contributed by atoms with Crippen LogP contribution in [-0.4, -0.2) is 36.8 Å². The molecule has 0 spiro atoms. The lowest BCUT2D eigenvalue weighted by Crippen LogP contribution is -2.07. The molecule has 0 saturated heterocycles. The normalized spacial score (nSPS) is 10.8. The Morgan fingerprint density at radius 1 is 1.24 bits per heavy atom. The minimum absolute atomic E-state index is 0.380. The Balaban J connectivity index is 1.92. The molecule has 1 heterocycles. The predicted octanol–water partition coefficient (Wildman–Crippen LogP) is 5.67. The molecule has 0 unspecified atom stereocenters. The smallest absolute Gasteiger partial charge is 0.218 e. The molecule has 0 radical (unpaired) electrons. The minimum atomic E-state index is 0.380. The third-order valence-corrected chi connectivity index (χ3v) is 5.04. The molecule has 0 bridgehead atoms. The van der Waals surface area contributed by atoms with Gasteiger partial charge in [-0.1, -0.05) is 11.6 Å². The summed E-state index contributed by atoms with van der Waals surface area (Å²) in [6.07, 6.45) is 1.68. The van der Waals surface area contributed by atoms with Crippen LogP contribution in [0.25, 0.3) is 11.3 Å². The third-order valence-electron chi connectivity index (χ3n) is 4.01. The molecular weight excluding hydrogens is 408 g/mol. The molecule has 0 aliphatic heterocycles. The average molecular weight is 427 g/mol. The van der Waals surface area contributed by atoms with Crippen LogP contribution in [0.2, 0.25) is 5.02 Å². The van der Waals surface area contributed by atoms with Gasteiger partial charge in [-0.3, -0.25) is 0 Å². The summed E-state index contributed by atoms with van der Waals surface area (Å²) >= 11 is 7.48. The van der Waals surface area contributed by atoms with Gasteiger partial charge in [0.1, 0.15) is 28.8 Å². The Morgan fingerprint density at radius 3 is 2.59 bits per heavy atom. The van der Waals surface area contributed by atoms with Gasteiger partial charge in [-0.05, 0) is 42.8 Å². The van der Waals surface area contributed by atoms with Crippen LogP contribution in [-0.2, 0) is 0 Å². The number of aliphatic imine (C=N–C) groups is 1. The molecule has 0 saturated carbocycles. The first-order valence-electron chi connectivity index (χ1n) is 8.65. The highest BCUT2D eigenvalue weighted by atomic mass is 35.5. The second-order valence-electron chi connectivity index (χ2n) is 6.41. The summed E-state index contributed by atoms with van der Waals surface area (Å²) in [7, 11) is 5.37. The van der Waals surface area contributed by atoms with Crippen molar-refractivity contribution in [2.45, 2.75) is 6.92 Å². The maximum Gasteiger partial charge on any atom is 0.218 e. The van der Waals surface area contributed by atoms with Gasteiger partial charge >= 0.3 is 0 Å². The second kappa shape index (κ2) is 8.95. The maximum atomic E-state index is 9.68. The number of methoxy groups -OCH3 is 1. The fourth-order valence-electron chi connectivity index (χ4n) is 2.52. The van der Waals surface area contributed by atoms with E-state index in [0.29, 0.717) is 32.8 Å². The lowest BCUT2D eigenvalue weighted by molar-refractivity contribution is 0.415. The van der Waals surface area contributed by atoms with Crippen LogP contribution in [0.3, 0.4) is 0 Å². The largest absolute Gasteiger partial charge is 0.497 e. The van der Waals surface area contributed by atoms with Gasteiger partial charge in [0.2, 0.25) is 5.06 Å². The first-order valence-corrected chi connectivity index (χ1v) is 9.81. The van der Waals surface area contributed by atoms with Crippen molar-refractivity contribution in [2.75, 3.05) is 21.2 Å². The van der Waals surface area contributed by atoms with E-state index in [2.05, 4.69) is 15.4 Å². The van der Waals surface area contributed by atoms with Gasteiger partial charge in [0, 0.05) is 37.3 Å². The standard InChI is InChI=1S/C21H19ClN4O2S/c1-13-9-18(24-12-26(2)3)17(22)10-19(13)28-21-16(11-23)20(25-29-21)14-5-7-15(27-4)8-6-14/h5-10,12H,1-4H3/b24-12-. The monoisotopic (exact) mass is 426 g/mol. The summed E-state index contributed by atoms with van der Waals surface area (Å²) < 4.78 is 15.6. The van der Waals surface area contributed by atoms with E-state index in [1.54, 1.807) is 19.5 Å². The molecule has 0 aliphatic rings. The second-order valence-corrected chi connectivity index (χ2v) is 7.56. The minimum Gasteiger partial charge on any atom is -0.497 e. The number of rotatable bonds is 6. The number of ether oxygens (including phenoxy) is 2. The highest BCUT2D eigenvalue weighted by Crippen LogP contribution is 2.40. The van der Waals surface area contributed by atoms with E-state index in [1.807, 2.05) is 56.3 Å². The van der Waals surface area contributed by atoms with E-state index >= 15 is 0 Å². The molecule has 2 aromatic carbocycles. The Morgan fingerprint density at radius 2 is 1.97 bits per heavy atom. The number of aromatic nitrogens is 1. The summed E-state index contributed by atoms with van der Waals surface area (Å²) in [4.78, 5) is 6.17. The van der Waals surface area contributed by atoms with Crippen molar-refractivity contribution < 1.29 is 9.47 Å². The lowest BCUT2D eigenvalue weighted by Gasteiger charge is -2.10. The van der Waals surface area contributed by atoms with E-state index in [4.69, 9.17) is 21.1 Å². The topological polar surface area (TPSA) is 70.7 Å². The molecular formula is C21H19ClN4O2S. The van der Waals surface area contributed by atoms with Crippen molar-refractivity contribution in [1.29, 1.82) is 5.26 Å². The van der Waals surface area contributed by atoms with Crippen LogP contribution >= 0.6 is 23.1 Å². The van der Waals surface area contributed by atoms with Crippen LogP contribution in [0, 0.1) is 18.3 Å². The van der Waals surface area contributed by atoms with Crippen LogP contribution < -0.4 is 9.47 Å². The summed E-state index contributed by atoms with van der Waals surface area (Å²) in [5, 5.41) is 10.6. The molecule has 8 heteroatoms. The van der Waals surface area contributed by atoms with Crippen LogP contribution in [0.1, 0.15) is 11.1 Å². The Kier molecular flexibility index (Phi) is 6.37. The van der Waals surface area contributed by atoms with Gasteiger partial charge < -0.3 is 14.4 Å². The number of hydrogen-bond acceptors (Lipinski definition) is 6. The predicted molar refractivity (Wildman–Crippen MR) is 117 cm³/mol. The van der Waals surface area contributed by atoms with E-state index in [9.17, 15) is 5.26 Å². The molecule has 1 aromatic heterocycles. The number of nitriles is 1. The third kappa shape index (κ3) is 4.67. The summed E-state index contributed by atoms with van der Waals surface area (Å²) in [6, 6.07) is 13.1. The van der Waals surface area contributed by atoms with Gasteiger partial charge in [-0.15, -0.1) is 0 Å². The van der Waals surface area contributed by atoms with Crippen molar-refractivity contribution in [2.24, 2.45) is 4.99 Å². The highest BCUT2D eigenvalue weighted by Gasteiger charge is 2.18. The number of benzene rings is 2. The molecule has 3 rings (SSSR count). The molecule has 0 fully saturated rings. The van der Waals surface area contributed by atoms with E-state index in [1.165, 1.54) is 0 Å². The highest BCUT2D eigenvalue weighted by molar-refractivity contribution is 7.08. The van der Waals surface area contributed by atoms with Crippen molar-refractivity contribution in [3.8, 4) is 33.9 Å². The van der Waals surface area contributed by atoms with Gasteiger partial charge in [0.05, 0.1) is 24.2 Å². The lowest BCUT2D eigenvalue weighted by atomic mass is 10.1. The average Bonchev–Trinajstić information content (AvgIpc) is 3.12. The zero-order chi connectivity index (χ0) is 21.0. The van der Waals surface area contributed by atoms with Crippen molar-refractivity contribution in [3.63, 3.8) is 0 Å². The fourth-order valence-corrected chi connectivity index (χ4v) is 3.46. The molecule has 29 heavy (non-hydrogen) atoms. The molecule has 148 valence electrons. The van der Waals surface area contributed by atoms with E-state index < -0.39 is 0 Å². The molecule has 0 aliphatic carbocycles. The number of halogens is 1. The van der Waals surface area contributed by atoms with Gasteiger partial charge in [-0.25, -0.2) is 4.99 Å². The first-order chi connectivity index (χ1) is 13.9. The van der Waals surface area contributed by atoms with Crippen molar-refractivity contribution in [3.05, 3.63) is 52.5 Å². The SMILES string of the molecule is COc1ccc(-c2nsc(Oc3cc(Cl)c(/N=C\N(C)C)cc3C)c2C#N)cc1. The van der Waals surface area contributed by atoms with Gasteiger partial charge in [0.25, 0.3) is 0 Å². The molecule has 3 aromatic rings. The quantitative estimate of drug-likeness (QED) is 0.375. The Bertz CT molecular complexity index is 1090. The number of nitrogens with zero attached hydrogens (tertiary/aromatic N) is 4. The summed E-state index contributed by atoms with van der Waals surface area (Å²) in [5.41, 5.74) is 3.27. The van der Waals surface area contributed by atoms with Gasteiger partial charge in [0.15, 0.2) is 0 Å². The van der Waals surface area contributed by atoms with Crippen molar-refractivity contribution >= 4 is 35.2 Å². The summed E-state index contributed by atoms with van der Waals surface area (Å²) in [6.45, 7) is 1.90. The molecule has 0 atom stereocenters. The molecule has 6 nitrogen and oxygen atoms in total. The zero-order valence-corrected chi connectivity index (χ0v) is 18.0. The van der Waals surface area contributed by atoms with Crippen LogP contribution in [0.5, 0.6) is 16.6 Å². The molecule has 0 amide bonds. The van der Waals surface area contributed by atoms with Crippen LogP contribution in [0.15, 0.2) is 41.4 Å².